The largest absolute Gasteiger partial charge is 0.496 e. The van der Waals surface area contributed by atoms with Gasteiger partial charge in [0.15, 0.2) is 5.43 Å². The van der Waals surface area contributed by atoms with Crippen molar-refractivity contribution in [3.05, 3.63) is 63.1 Å². The average molecular weight is 329 g/mol. The van der Waals surface area contributed by atoms with E-state index in [1.54, 1.807) is 21.0 Å². The van der Waals surface area contributed by atoms with Crippen molar-refractivity contribution >= 4 is 5.97 Å². The van der Waals surface area contributed by atoms with Crippen LogP contribution in [0.15, 0.2) is 35.1 Å². The lowest BCUT2D eigenvalue weighted by Crippen LogP contribution is -2.25. The standard InChI is InChI=1S/C19H23NO4/c1-5-24-19(22)18-14(3)20(13(2)12-16(18)21)11-10-15-8-6-7-9-17(15)23-4/h6-9,12H,5,10-11H2,1-4H3. The second-order valence-corrected chi connectivity index (χ2v) is 5.54. The molecular formula is C19H23NO4. The van der Waals surface area contributed by atoms with Crippen molar-refractivity contribution in [1.29, 1.82) is 0 Å². The van der Waals surface area contributed by atoms with E-state index in [1.807, 2.05) is 35.8 Å². The van der Waals surface area contributed by atoms with Crippen molar-refractivity contribution in [3.63, 3.8) is 0 Å². The fourth-order valence-electron chi connectivity index (χ4n) is 2.85. The first-order chi connectivity index (χ1) is 11.5. The number of ether oxygens (including phenoxy) is 2. The molecule has 0 spiro atoms. The van der Waals surface area contributed by atoms with Crippen LogP contribution >= 0.6 is 0 Å². The summed E-state index contributed by atoms with van der Waals surface area (Å²) in [6.07, 6.45) is 0.733. The van der Waals surface area contributed by atoms with Crippen LogP contribution in [0, 0.1) is 13.8 Å². The Morgan fingerprint density at radius 3 is 2.58 bits per heavy atom. The Morgan fingerprint density at radius 2 is 1.92 bits per heavy atom. The fourth-order valence-corrected chi connectivity index (χ4v) is 2.85. The molecule has 0 unspecified atom stereocenters. The van der Waals surface area contributed by atoms with Crippen molar-refractivity contribution in [3.8, 4) is 5.75 Å². The maximum absolute atomic E-state index is 12.2. The molecule has 0 aliphatic rings. The molecule has 128 valence electrons. The third kappa shape index (κ3) is 3.67. The number of methoxy groups -OCH3 is 1. The van der Waals surface area contributed by atoms with Crippen molar-refractivity contribution in [2.75, 3.05) is 13.7 Å². The minimum absolute atomic E-state index is 0.113. The van der Waals surface area contributed by atoms with Crippen LogP contribution in [0.2, 0.25) is 0 Å². The highest BCUT2D eigenvalue weighted by Crippen LogP contribution is 2.19. The van der Waals surface area contributed by atoms with Gasteiger partial charge in [0.1, 0.15) is 11.3 Å². The first-order valence-electron chi connectivity index (χ1n) is 7.99. The summed E-state index contributed by atoms with van der Waals surface area (Å²) in [5, 5.41) is 0. The van der Waals surface area contributed by atoms with E-state index < -0.39 is 5.97 Å². The van der Waals surface area contributed by atoms with E-state index >= 15 is 0 Å². The third-order valence-electron chi connectivity index (χ3n) is 4.06. The molecule has 0 amide bonds. The number of benzene rings is 1. The smallest absolute Gasteiger partial charge is 0.343 e. The van der Waals surface area contributed by atoms with Gasteiger partial charge in [0.2, 0.25) is 0 Å². The number of pyridine rings is 1. The van der Waals surface area contributed by atoms with Crippen LogP contribution in [0.25, 0.3) is 0 Å². The van der Waals surface area contributed by atoms with Crippen molar-refractivity contribution in [2.45, 2.75) is 33.7 Å². The monoisotopic (exact) mass is 329 g/mol. The number of esters is 1. The number of rotatable bonds is 6. The lowest BCUT2D eigenvalue weighted by Gasteiger charge is -2.17. The van der Waals surface area contributed by atoms with Crippen LogP contribution in [0.4, 0.5) is 0 Å². The van der Waals surface area contributed by atoms with E-state index in [-0.39, 0.29) is 17.6 Å². The van der Waals surface area contributed by atoms with Gasteiger partial charge < -0.3 is 14.0 Å². The molecule has 2 rings (SSSR count). The number of para-hydroxylation sites is 1. The number of aryl methyl sites for hydroxylation is 2. The summed E-state index contributed by atoms with van der Waals surface area (Å²) in [5.74, 6) is 0.269. The Kier molecular flexibility index (Phi) is 5.79. The molecule has 0 fully saturated rings. The van der Waals surface area contributed by atoms with Crippen LogP contribution < -0.4 is 10.2 Å². The zero-order valence-electron chi connectivity index (χ0n) is 14.6. The molecule has 0 atom stereocenters. The van der Waals surface area contributed by atoms with Gasteiger partial charge in [0.05, 0.1) is 13.7 Å². The van der Waals surface area contributed by atoms with Crippen LogP contribution in [0.5, 0.6) is 5.75 Å². The van der Waals surface area contributed by atoms with Crippen LogP contribution in [0.3, 0.4) is 0 Å². The molecule has 0 aliphatic heterocycles. The highest BCUT2D eigenvalue weighted by atomic mass is 16.5. The molecule has 1 aromatic heterocycles. The summed E-state index contributed by atoms with van der Waals surface area (Å²) in [6, 6.07) is 9.31. The summed E-state index contributed by atoms with van der Waals surface area (Å²) in [7, 11) is 1.65. The third-order valence-corrected chi connectivity index (χ3v) is 4.06. The number of carbonyl (C=O) groups is 1. The number of aromatic nitrogens is 1. The van der Waals surface area contributed by atoms with Crippen molar-refractivity contribution in [2.24, 2.45) is 0 Å². The summed E-state index contributed by atoms with van der Waals surface area (Å²) < 4.78 is 12.4. The lowest BCUT2D eigenvalue weighted by molar-refractivity contribution is 0.0522. The predicted molar refractivity (Wildman–Crippen MR) is 92.8 cm³/mol. The predicted octanol–water partition coefficient (Wildman–Crippen LogP) is 2.89. The molecule has 24 heavy (non-hydrogen) atoms. The minimum Gasteiger partial charge on any atom is -0.496 e. The molecule has 0 aliphatic carbocycles. The highest BCUT2D eigenvalue weighted by molar-refractivity contribution is 5.90. The molecule has 1 heterocycles. The second-order valence-electron chi connectivity index (χ2n) is 5.54. The summed E-state index contributed by atoms with van der Waals surface area (Å²) in [4.78, 5) is 24.2. The van der Waals surface area contributed by atoms with E-state index in [1.165, 1.54) is 6.07 Å². The molecular weight excluding hydrogens is 306 g/mol. The molecule has 0 bridgehead atoms. The molecule has 5 heteroatoms. The van der Waals surface area contributed by atoms with Crippen LogP contribution in [-0.4, -0.2) is 24.3 Å². The van der Waals surface area contributed by atoms with Gasteiger partial charge in [-0.25, -0.2) is 4.79 Å². The number of hydrogen-bond acceptors (Lipinski definition) is 4. The topological polar surface area (TPSA) is 57.5 Å². The summed E-state index contributed by atoms with van der Waals surface area (Å²) in [6.45, 7) is 6.26. The van der Waals surface area contributed by atoms with E-state index in [0.29, 0.717) is 12.2 Å². The minimum atomic E-state index is -0.564. The van der Waals surface area contributed by atoms with Gasteiger partial charge in [0, 0.05) is 24.0 Å². The first kappa shape index (κ1) is 17.8. The number of carbonyl (C=O) groups excluding carboxylic acids is 1. The Hall–Kier alpha value is -2.56. The number of hydrogen-bond donors (Lipinski definition) is 0. The number of nitrogens with zero attached hydrogens (tertiary/aromatic N) is 1. The quantitative estimate of drug-likeness (QED) is 0.765. The first-order valence-corrected chi connectivity index (χ1v) is 7.99. The van der Waals surface area contributed by atoms with E-state index in [2.05, 4.69) is 0 Å². The van der Waals surface area contributed by atoms with Crippen molar-refractivity contribution in [1.82, 2.24) is 4.57 Å². The summed E-state index contributed by atoms with van der Waals surface area (Å²) in [5.41, 5.74) is 2.35. The average Bonchev–Trinajstić information content (AvgIpc) is 2.54. The molecule has 0 N–H and O–H groups in total. The van der Waals surface area contributed by atoms with E-state index in [9.17, 15) is 9.59 Å². The molecule has 0 saturated carbocycles. The maximum atomic E-state index is 12.2. The Balaban J connectivity index is 2.35. The zero-order valence-corrected chi connectivity index (χ0v) is 14.6. The molecule has 0 radical (unpaired) electrons. The lowest BCUT2D eigenvalue weighted by atomic mass is 10.1. The van der Waals surface area contributed by atoms with E-state index in [4.69, 9.17) is 9.47 Å². The van der Waals surface area contributed by atoms with Gasteiger partial charge in [-0.1, -0.05) is 18.2 Å². The summed E-state index contributed by atoms with van der Waals surface area (Å²) >= 11 is 0. The molecule has 5 nitrogen and oxygen atoms in total. The normalized spacial score (nSPS) is 10.5. The van der Waals surface area contributed by atoms with Crippen LogP contribution in [-0.2, 0) is 17.7 Å². The Morgan fingerprint density at radius 1 is 1.21 bits per heavy atom. The van der Waals surface area contributed by atoms with Crippen LogP contribution in [0.1, 0.15) is 34.2 Å². The van der Waals surface area contributed by atoms with Gasteiger partial charge in [-0.3, -0.25) is 4.79 Å². The van der Waals surface area contributed by atoms with Gasteiger partial charge in [-0.15, -0.1) is 0 Å². The van der Waals surface area contributed by atoms with Gasteiger partial charge in [-0.2, -0.15) is 0 Å². The highest BCUT2D eigenvalue weighted by Gasteiger charge is 2.18. The Bertz CT molecular complexity index is 792. The molecule has 0 saturated heterocycles. The Labute approximate surface area is 141 Å². The molecule has 1 aromatic carbocycles. The van der Waals surface area contributed by atoms with E-state index in [0.717, 1.165) is 23.4 Å². The van der Waals surface area contributed by atoms with Crippen molar-refractivity contribution < 1.29 is 14.3 Å². The van der Waals surface area contributed by atoms with Gasteiger partial charge in [-0.05, 0) is 38.8 Å². The maximum Gasteiger partial charge on any atom is 0.343 e. The molecule has 2 aromatic rings. The SMILES string of the molecule is CCOC(=O)c1c(C)n(CCc2ccccc2OC)c(C)cc1=O. The fraction of sp³-hybridized carbons (Fsp3) is 0.368. The van der Waals surface area contributed by atoms with Gasteiger partial charge in [0.25, 0.3) is 0 Å². The van der Waals surface area contributed by atoms with Gasteiger partial charge >= 0.3 is 5.97 Å². The zero-order chi connectivity index (χ0) is 17.7. The second kappa shape index (κ2) is 7.81.